The Morgan fingerprint density at radius 2 is 2.00 bits per heavy atom. The molecule has 0 unspecified atom stereocenters. The van der Waals surface area contributed by atoms with Gasteiger partial charge in [0.15, 0.2) is 0 Å². The van der Waals surface area contributed by atoms with Crippen molar-refractivity contribution in [3.63, 3.8) is 0 Å². The first-order valence-corrected chi connectivity index (χ1v) is 3.88. The van der Waals surface area contributed by atoms with E-state index >= 15 is 0 Å². The molecule has 0 saturated carbocycles. The van der Waals surface area contributed by atoms with Crippen LogP contribution in [0.2, 0.25) is 0 Å². The molecule has 1 aromatic rings. The molecule has 0 bridgehead atoms. The highest BCUT2D eigenvalue weighted by Crippen LogP contribution is 2.24. The number of aromatic nitrogens is 1. The topological polar surface area (TPSA) is 43.1 Å². The maximum Gasteiger partial charge on any atom is 0.260 e. The monoisotopic (exact) mass is 167 g/mol. The van der Waals surface area contributed by atoms with E-state index in [1.165, 1.54) is 0 Å². The molecule has 0 saturated heterocycles. The fraction of sp³-hybridized carbons (Fsp3) is 0.556. The zero-order chi connectivity index (χ0) is 9.35. The van der Waals surface area contributed by atoms with Crippen molar-refractivity contribution < 1.29 is 9.21 Å². The fourth-order valence-corrected chi connectivity index (χ4v) is 1.16. The van der Waals surface area contributed by atoms with E-state index in [-0.39, 0.29) is 11.3 Å². The first-order chi connectivity index (χ1) is 5.45. The quantitative estimate of drug-likeness (QED) is 0.601. The second-order valence-corrected chi connectivity index (χ2v) is 3.82. The Morgan fingerprint density at radius 3 is 2.25 bits per heavy atom. The second kappa shape index (κ2) is 2.73. The Balaban J connectivity index is 3.16. The van der Waals surface area contributed by atoms with Crippen molar-refractivity contribution in [3.8, 4) is 0 Å². The minimum atomic E-state index is -0.0607. The highest BCUT2D eigenvalue weighted by atomic mass is 16.4. The molecule has 3 heteroatoms. The molecule has 0 aromatic carbocycles. The number of hydrogen-bond acceptors (Lipinski definition) is 3. The SMILES string of the molecule is Cc1oc(C=O)nc1C(C)(C)C. The Kier molecular flexibility index (Phi) is 2.04. The van der Waals surface area contributed by atoms with Crippen LogP contribution in [0.3, 0.4) is 0 Å². The average Bonchev–Trinajstić information content (AvgIpc) is 2.29. The third-order valence-corrected chi connectivity index (χ3v) is 1.62. The Hall–Kier alpha value is -1.12. The van der Waals surface area contributed by atoms with E-state index in [4.69, 9.17) is 4.42 Å². The molecule has 1 aromatic heterocycles. The van der Waals surface area contributed by atoms with Gasteiger partial charge in [0.1, 0.15) is 5.76 Å². The first kappa shape index (κ1) is 8.97. The van der Waals surface area contributed by atoms with Gasteiger partial charge in [0.05, 0.1) is 5.69 Å². The molecule has 1 heterocycles. The Labute approximate surface area is 71.8 Å². The third kappa shape index (κ3) is 1.55. The molecule has 0 fully saturated rings. The van der Waals surface area contributed by atoms with E-state index < -0.39 is 0 Å². The summed E-state index contributed by atoms with van der Waals surface area (Å²) in [5.41, 5.74) is 0.791. The smallest absolute Gasteiger partial charge is 0.260 e. The van der Waals surface area contributed by atoms with E-state index in [0.29, 0.717) is 6.29 Å². The molecule has 0 amide bonds. The molecule has 0 atom stereocenters. The molecule has 0 aliphatic heterocycles. The van der Waals surface area contributed by atoms with Gasteiger partial charge in [0.25, 0.3) is 5.89 Å². The van der Waals surface area contributed by atoms with Crippen LogP contribution >= 0.6 is 0 Å². The Bertz CT molecular complexity index is 294. The van der Waals surface area contributed by atoms with Crippen LogP contribution < -0.4 is 0 Å². The summed E-state index contributed by atoms with van der Waals surface area (Å²) in [5.74, 6) is 0.891. The molecule has 3 nitrogen and oxygen atoms in total. The summed E-state index contributed by atoms with van der Waals surface area (Å²) in [6.45, 7) is 7.92. The Morgan fingerprint density at radius 1 is 1.42 bits per heavy atom. The number of aldehydes is 1. The summed E-state index contributed by atoms with van der Waals surface area (Å²) < 4.78 is 5.11. The zero-order valence-electron chi connectivity index (χ0n) is 7.84. The van der Waals surface area contributed by atoms with Crippen LogP contribution in [0.25, 0.3) is 0 Å². The number of carbonyl (C=O) groups excluding carboxylic acids is 1. The van der Waals surface area contributed by atoms with E-state index in [1.807, 2.05) is 27.7 Å². The summed E-state index contributed by atoms with van der Waals surface area (Å²) in [7, 11) is 0. The second-order valence-electron chi connectivity index (χ2n) is 3.82. The van der Waals surface area contributed by atoms with Gasteiger partial charge in [-0.1, -0.05) is 20.8 Å². The summed E-state index contributed by atoms with van der Waals surface area (Å²) in [4.78, 5) is 14.4. The number of carbonyl (C=O) groups is 1. The number of hydrogen-bond donors (Lipinski definition) is 0. The molecular formula is C9H13NO2. The van der Waals surface area contributed by atoms with Gasteiger partial charge in [-0.3, -0.25) is 4.79 Å². The van der Waals surface area contributed by atoms with Crippen molar-refractivity contribution in [2.24, 2.45) is 0 Å². The lowest BCUT2D eigenvalue weighted by Crippen LogP contribution is -2.13. The van der Waals surface area contributed by atoms with E-state index in [0.717, 1.165) is 11.5 Å². The van der Waals surface area contributed by atoms with Crippen molar-refractivity contribution in [2.45, 2.75) is 33.1 Å². The van der Waals surface area contributed by atoms with E-state index in [9.17, 15) is 4.79 Å². The van der Waals surface area contributed by atoms with Gasteiger partial charge in [-0.25, -0.2) is 4.98 Å². The van der Waals surface area contributed by atoms with Gasteiger partial charge >= 0.3 is 0 Å². The van der Waals surface area contributed by atoms with Gasteiger partial charge in [0, 0.05) is 5.41 Å². The highest BCUT2D eigenvalue weighted by molar-refractivity contribution is 5.67. The molecule has 0 aliphatic rings. The minimum absolute atomic E-state index is 0.0607. The first-order valence-electron chi connectivity index (χ1n) is 3.88. The van der Waals surface area contributed by atoms with Gasteiger partial charge in [-0.05, 0) is 6.92 Å². The van der Waals surface area contributed by atoms with Crippen LogP contribution in [0, 0.1) is 6.92 Å². The summed E-state index contributed by atoms with van der Waals surface area (Å²) in [6, 6.07) is 0. The van der Waals surface area contributed by atoms with Crippen molar-refractivity contribution in [3.05, 3.63) is 17.3 Å². The predicted octanol–water partition coefficient (Wildman–Crippen LogP) is 2.09. The molecule has 12 heavy (non-hydrogen) atoms. The highest BCUT2D eigenvalue weighted by Gasteiger charge is 2.21. The molecule has 66 valence electrons. The van der Waals surface area contributed by atoms with Crippen molar-refractivity contribution in [1.82, 2.24) is 4.98 Å². The van der Waals surface area contributed by atoms with Crippen LogP contribution in [0.5, 0.6) is 0 Å². The van der Waals surface area contributed by atoms with Crippen LogP contribution in [-0.2, 0) is 5.41 Å². The van der Waals surface area contributed by atoms with Crippen LogP contribution in [0.4, 0.5) is 0 Å². The molecule has 0 aliphatic carbocycles. The van der Waals surface area contributed by atoms with Gasteiger partial charge < -0.3 is 4.42 Å². The summed E-state index contributed by atoms with van der Waals surface area (Å²) in [6.07, 6.45) is 0.627. The van der Waals surface area contributed by atoms with E-state index in [2.05, 4.69) is 4.98 Å². The molecule has 0 radical (unpaired) electrons. The standard InChI is InChI=1S/C9H13NO2/c1-6-8(9(2,3)4)10-7(5-11)12-6/h5H,1-4H3. The maximum absolute atomic E-state index is 10.3. The number of aryl methyl sites for hydroxylation is 1. The van der Waals surface area contributed by atoms with Crippen molar-refractivity contribution in [2.75, 3.05) is 0 Å². The molecule has 0 N–H and O–H groups in total. The van der Waals surface area contributed by atoms with Crippen LogP contribution in [0.1, 0.15) is 42.9 Å². The van der Waals surface area contributed by atoms with E-state index in [1.54, 1.807) is 0 Å². The molecular weight excluding hydrogens is 154 g/mol. The summed E-state index contributed by atoms with van der Waals surface area (Å²) in [5, 5.41) is 0. The number of nitrogens with zero attached hydrogens (tertiary/aromatic N) is 1. The fourth-order valence-electron chi connectivity index (χ4n) is 1.16. The van der Waals surface area contributed by atoms with Gasteiger partial charge in [-0.2, -0.15) is 0 Å². The maximum atomic E-state index is 10.3. The minimum Gasteiger partial charge on any atom is -0.439 e. The summed E-state index contributed by atoms with van der Waals surface area (Å²) >= 11 is 0. The lowest BCUT2D eigenvalue weighted by atomic mass is 9.91. The van der Waals surface area contributed by atoms with Gasteiger partial charge in [-0.15, -0.1) is 0 Å². The number of rotatable bonds is 1. The number of oxazole rings is 1. The third-order valence-electron chi connectivity index (χ3n) is 1.62. The van der Waals surface area contributed by atoms with Crippen molar-refractivity contribution >= 4 is 6.29 Å². The average molecular weight is 167 g/mol. The van der Waals surface area contributed by atoms with Crippen LogP contribution in [-0.4, -0.2) is 11.3 Å². The lowest BCUT2D eigenvalue weighted by molar-refractivity contribution is 0.109. The molecule has 0 spiro atoms. The largest absolute Gasteiger partial charge is 0.439 e. The zero-order valence-corrected chi connectivity index (χ0v) is 7.84. The van der Waals surface area contributed by atoms with Gasteiger partial charge in [0.2, 0.25) is 6.29 Å². The normalized spacial score (nSPS) is 11.7. The lowest BCUT2D eigenvalue weighted by Gasteiger charge is -2.14. The molecule has 1 rings (SSSR count). The van der Waals surface area contributed by atoms with Crippen molar-refractivity contribution in [1.29, 1.82) is 0 Å². The predicted molar refractivity (Wildman–Crippen MR) is 45.3 cm³/mol. The van der Waals surface area contributed by atoms with Crippen LogP contribution in [0.15, 0.2) is 4.42 Å².